The fourth-order valence-electron chi connectivity index (χ4n) is 1.51. The van der Waals surface area contributed by atoms with Crippen LogP contribution < -0.4 is 10.6 Å². The number of carbonyl (C=O) groups is 1. The first-order valence-electron chi connectivity index (χ1n) is 5.48. The molecule has 0 unspecified atom stereocenters. The van der Waals surface area contributed by atoms with Crippen molar-refractivity contribution in [3.05, 3.63) is 50.6 Å². The molecule has 1 aromatic heterocycles. The summed E-state index contributed by atoms with van der Waals surface area (Å²) in [5, 5.41) is 7.61. The fourth-order valence-corrected chi connectivity index (χ4v) is 2.94. The molecule has 0 aliphatic heterocycles. The number of halogens is 1. The van der Waals surface area contributed by atoms with Crippen LogP contribution in [0.2, 0.25) is 0 Å². The summed E-state index contributed by atoms with van der Waals surface area (Å²) >= 11 is 5.04. The lowest BCUT2D eigenvalue weighted by atomic mass is 10.2. The van der Waals surface area contributed by atoms with Crippen LogP contribution in [0.1, 0.15) is 10.4 Å². The van der Waals surface area contributed by atoms with Crippen LogP contribution in [0.3, 0.4) is 0 Å². The molecule has 0 saturated carbocycles. The van der Waals surface area contributed by atoms with Crippen molar-refractivity contribution < 1.29 is 4.79 Å². The zero-order valence-corrected chi connectivity index (χ0v) is 12.3. The van der Waals surface area contributed by atoms with Gasteiger partial charge in [-0.25, -0.2) is 4.79 Å². The third kappa shape index (κ3) is 3.58. The highest BCUT2D eigenvalue weighted by molar-refractivity contribution is 9.10. The van der Waals surface area contributed by atoms with Crippen LogP contribution in [-0.2, 0) is 6.54 Å². The third-order valence-corrected chi connectivity index (χ3v) is 4.30. The van der Waals surface area contributed by atoms with E-state index in [1.54, 1.807) is 11.3 Å². The van der Waals surface area contributed by atoms with Crippen molar-refractivity contribution in [1.29, 1.82) is 0 Å². The monoisotopic (exact) mass is 324 g/mol. The first-order valence-corrected chi connectivity index (χ1v) is 7.16. The molecule has 1 heterocycles. The average Bonchev–Trinajstić information content (AvgIpc) is 2.72. The predicted octanol–water partition coefficient (Wildman–Crippen LogP) is 4.14. The van der Waals surface area contributed by atoms with Crippen molar-refractivity contribution in [2.45, 2.75) is 13.5 Å². The second-order valence-corrected chi connectivity index (χ2v) is 5.72. The molecule has 0 bridgehead atoms. The Kier molecular flexibility index (Phi) is 4.38. The summed E-state index contributed by atoms with van der Waals surface area (Å²) in [6, 6.07) is 9.49. The number of hydrogen-bond acceptors (Lipinski definition) is 2. The fraction of sp³-hybridized carbons (Fsp3) is 0.154. The van der Waals surface area contributed by atoms with E-state index in [9.17, 15) is 4.79 Å². The number of carbonyl (C=O) groups excluding carboxylic acids is 1. The van der Waals surface area contributed by atoms with Crippen molar-refractivity contribution in [3.63, 3.8) is 0 Å². The standard InChI is InChI=1S/C13H13BrN2OS/c1-9-3-2-4-10(7-9)16-13(17)15-8-12-11(14)5-6-18-12/h2-7H,8H2,1H3,(H2,15,16,17). The van der Waals surface area contributed by atoms with Crippen LogP contribution in [0.5, 0.6) is 0 Å². The number of nitrogens with one attached hydrogen (secondary N) is 2. The van der Waals surface area contributed by atoms with Crippen molar-refractivity contribution in [2.75, 3.05) is 5.32 Å². The lowest BCUT2D eigenvalue weighted by Crippen LogP contribution is -2.27. The highest BCUT2D eigenvalue weighted by atomic mass is 79.9. The molecule has 2 aromatic rings. The van der Waals surface area contributed by atoms with Gasteiger partial charge in [0.25, 0.3) is 0 Å². The van der Waals surface area contributed by atoms with E-state index in [1.165, 1.54) is 0 Å². The molecule has 0 fully saturated rings. The van der Waals surface area contributed by atoms with Crippen LogP contribution in [-0.4, -0.2) is 6.03 Å². The highest BCUT2D eigenvalue weighted by Crippen LogP contribution is 2.22. The Morgan fingerprint density at radius 3 is 2.89 bits per heavy atom. The summed E-state index contributed by atoms with van der Waals surface area (Å²) in [6.07, 6.45) is 0. The second kappa shape index (κ2) is 6.02. The van der Waals surface area contributed by atoms with Crippen molar-refractivity contribution in [2.24, 2.45) is 0 Å². The molecule has 0 aliphatic carbocycles. The van der Waals surface area contributed by atoms with Crippen molar-refractivity contribution >= 4 is 39.0 Å². The minimum Gasteiger partial charge on any atom is -0.333 e. The second-order valence-electron chi connectivity index (χ2n) is 3.87. The van der Waals surface area contributed by atoms with E-state index in [2.05, 4.69) is 26.6 Å². The number of thiophene rings is 1. The molecule has 3 nitrogen and oxygen atoms in total. The third-order valence-electron chi connectivity index (χ3n) is 2.38. The molecule has 0 atom stereocenters. The van der Waals surface area contributed by atoms with Gasteiger partial charge in [-0.3, -0.25) is 0 Å². The number of benzene rings is 1. The van der Waals surface area contributed by atoms with E-state index in [-0.39, 0.29) is 6.03 Å². The average molecular weight is 325 g/mol. The van der Waals surface area contributed by atoms with E-state index in [4.69, 9.17) is 0 Å². The number of amides is 2. The number of aryl methyl sites for hydroxylation is 1. The van der Waals surface area contributed by atoms with Crippen molar-refractivity contribution in [3.8, 4) is 0 Å². The Morgan fingerprint density at radius 1 is 1.39 bits per heavy atom. The Labute approximate surface area is 118 Å². The molecule has 94 valence electrons. The minimum atomic E-state index is -0.194. The van der Waals surface area contributed by atoms with E-state index < -0.39 is 0 Å². The maximum atomic E-state index is 11.7. The smallest absolute Gasteiger partial charge is 0.319 e. The zero-order chi connectivity index (χ0) is 13.0. The van der Waals surface area contributed by atoms with E-state index in [0.29, 0.717) is 6.54 Å². The highest BCUT2D eigenvalue weighted by Gasteiger charge is 2.04. The lowest BCUT2D eigenvalue weighted by Gasteiger charge is -2.07. The maximum absolute atomic E-state index is 11.7. The summed E-state index contributed by atoms with van der Waals surface area (Å²) in [6.45, 7) is 2.52. The maximum Gasteiger partial charge on any atom is 0.319 e. The van der Waals surface area contributed by atoms with Crippen LogP contribution in [0.15, 0.2) is 40.2 Å². The summed E-state index contributed by atoms with van der Waals surface area (Å²) < 4.78 is 1.03. The van der Waals surface area contributed by atoms with E-state index in [1.807, 2.05) is 42.6 Å². The van der Waals surface area contributed by atoms with E-state index in [0.717, 1.165) is 20.6 Å². The van der Waals surface area contributed by atoms with Crippen LogP contribution >= 0.6 is 27.3 Å². The molecule has 0 aliphatic rings. The van der Waals surface area contributed by atoms with Gasteiger partial charge in [0.05, 0.1) is 6.54 Å². The van der Waals surface area contributed by atoms with Gasteiger partial charge in [0, 0.05) is 15.0 Å². The molecular weight excluding hydrogens is 312 g/mol. The molecule has 2 amide bonds. The molecule has 0 radical (unpaired) electrons. The van der Waals surface area contributed by atoms with Gasteiger partial charge in [0.2, 0.25) is 0 Å². The van der Waals surface area contributed by atoms with Crippen LogP contribution in [0.25, 0.3) is 0 Å². The SMILES string of the molecule is Cc1cccc(NC(=O)NCc2sccc2Br)c1. The van der Waals surface area contributed by atoms with Gasteiger partial charge in [-0.15, -0.1) is 11.3 Å². The minimum absolute atomic E-state index is 0.194. The summed E-state index contributed by atoms with van der Waals surface area (Å²) in [5.41, 5.74) is 1.92. The summed E-state index contributed by atoms with van der Waals surface area (Å²) in [4.78, 5) is 12.8. The number of hydrogen-bond donors (Lipinski definition) is 2. The number of anilines is 1. The van der Waals surface area contributed by atoms with Crippen molar-refractivity contribution in [1.82, 2.24) is 5.32 Å². The lowest BCUT2D eigenvalue weighted by molar-refractivity contribution is 0.252. The quantitative estimate of drug-likeness (QED) is 0.875. The predicted molar refractivity (Wildman–Crippen MR) is 79.1 cm³/mol. The van der Waals surface area contributed by atoms with Crippen LogP contribution in [0.4, 0.5) is 10.5 Å². The molecule has 0 saturated heterocycles. The van der Waals surface area contributed by atoms with Gasteiger partial charge in [0.15, 0.2) is 0 Å². The number of urea groups is 1. The molecular formula is C13H13BrN2OS. The van der Waals surface area contributed by atoms with Gasteiger partial charge >= 0.3 is 6.03 Å². The summed E-state index contributed by atoms with van der Waals surface area (Å²) in [5.74, 6) is 0. The van der Waals surface area contributed by atoms with Gasteiger partial charge in [0.1, 0.15) is 0 Å². The normalized spacial score (nSPS) is 10.1. The first-order chi connectivity index (χ1) is 8.65. The van der Waals surface area contributed by atoms with Gasteiger partial charge in [-0.1, -0.05) is 12.1 Å². The topological polar surface area (TPSA) is 41.1 Å². The largest absolute Gasteiger partial charge is 0.333 e. The number of rotatable bonds is 3. The first kappa shape index (κ1) is 13.1. The van der Waals surface area contributed by atoms with Crippen LogP contribution in [0, 0.1) is 6.92 Å². The molecule has 2 N–H and O–H groups in total. The van der Waals surface area contributed by atoms with Gasteiger partial charge in [-0.05, 0) is 52.0 Å². The Hall–Kier alpha value is -1.33. The molecule has 2 rings (SSSR count). The van der Waals surface area contributed by atoms with E-state index >= 15 is 0 Å². The van der Waals surface area contributed by atoms with Gasteiger partial charge < -0.3 is 10.6 Å². The molecule has 5 heteroatoms. The Morgan fingerprint density at radius 2 is 2.22 bits per heavy atom. The molecule has 0 spiro atoms. The summed E-state index contributed by atoms with van der Waals surface area (Å²) in [7, 11) is 0. The van der Waals surface area contributed by atoms with Gasteiger partial charge in [-0.2, -0.15) is 0 Å². The zero-order valence-electron chi connectivity index (χ0n) is 9.87. The molecule has 1 aromatic carbocycles. The molecule has 18 heavy (non-hydrogen) atoms. The Bertz CT molecular complexity index is 553. The Balaban J connectivity index is 1.88.